The van der Waals surface area contributed by atoms with Gasteiger partial charge in [0, 0.05) is 18.9 Å². The molecule has 1 aliphatic rings. The van der Waals surface area contributed by atoms with Crippen LogP contribution in [0.4, 0.5) is 0 Å². The van der Waals surface area contributed by atoms with Gasteiger partial charge in [-0.25, -0.2) is 0 Å². The predicted octanol–water partition coefficient (Wildman–Crippen LogP) is 1.58. The van der Waals surface area contributed by atoms with Crippen LogP contribution < -0.4 is 11.1 Å². The summed E-state index contributed by atoms with van der Waals surface area (Å²) in [5, 5.41) is 2.97. The molecule has 1 rings (SSSR count). The van der Waals surface area contributed by atoms with Gasteiger partial charge in [-0.1, -0.05) is 26.2 Å². The van der Waals surface area contributed by atoms with Crippen molar-refractivity contribution in [3.05, 3.63) is 0 Å². The van der Waals surface area contributed by atoms with Crippen LogP contribution in [0, 0.1) is 11.8 Å². The summed E-state index contributed by atoms with van der Waals surface area (Å²) in [4.78, 5) is 22.8. The van der Waals surface area contributed by atoms with Gasteiger partial charge in [0.2, 0.25) is 11.8 Å². The van der Waals surface area contributed by atoms with Gasteiger partial charge in [0.1, 0.15) is 0 Å². The van der Waals surface area contributed by atoms with E-state index in [4.69, 9.17) is 5.73 Å². The summed E-state index contributed by atoms with van der Waals surface area (Å²) in [6.45, 7) is 2.77. The Kier molecular flexibility index (Phi) is 6.01. The molecular weight excluding hydrogens is 216 g/mol. The Balaban J connectivity index is 2.32. The number of hydrogen-bond acceptors (Lipinski definition) is 2. The highest BCUT2D eigenvalue weighted by molar-refractivity contribution is 5.84. The highest BCUT2D eigenvalue weighted by Crippen LogP contribution is 2.24. The fourth-order valence-corrected chi connectivity index (χ4v) is 2.52. The number of rotatable bonds is 7. The van der Waals surface area contributed by atoms with Crippen molar-refractivity contribution in [2.24, 2.45) is 17.6 Å². The molecule has 0 radical (unpaired) electrons. The maximum absolute atomic E-state index is 11.9. The monoisotopic (exact) mass is 240 g/mol. The second-order valence-corrected chi connectivity index (χ2v) is 5.05. The van der Waals surface area contributed by atoms with E-state index in [-0.39, 0.29) is 24.2 Å². The van der Waals surface area contributed by atoms with Crippen LogP contribution in [0.5, 0.6) is 0 Å². The van der Waals surface area contributed by atoms with E-state index in [0.29, 0.717) is 5.92 Å². The highest BCUT2D eigenvalue weighted by atomic mass is 16.2. The molecule has 98 valence electrons. The maximum atomic E-state index is 11.9. The van der Waals surface area contributed by atoms with Crippen LogP contribution in [0.25, 0.3) is 0 Å². The van der Waals surface area contributed by atoms with Crippen molar-refractivity contribution >= 4 is 11.8 Å². The van der Waals surface area contributed by atoms with E-state index in [1.54, 1.807) is 0 Å². The van der Waals surface area contributed by atoms with Gasteiger partial charge in [-0.05, 0) is 25.2 Å². The molecule has 1 aliphatic carbocycles. The van der Waals surface area contributed by atoms with Gasteiger partial charge in [-0.3, -0.25) is 9.59 Å². The molecule has 0 bridgehead atoms. The third-order valence-electron chi connectivity index (χ3n) is 3.50. The molecule has 4 nitrogen and oxygen atoms in total. The molecule has 0 aromatic heterocycles. The van der Waals surface area contributed by atoms with Crippen molar-refractivity contribution in [2.45, 2.75) is 51.9 Å². The van der Waals surface area contributed by atoms with Crippen molar-refractivity contribution in [2.75, 3.05) is 6.54 Å². The number of amides is 2. The first-order valence-corrected chi connectivity index (χ1v) is 6.69. The van der Waals surface area contributed by atoms with Crippen molar-refractivity contribution in [3.63, 3.8) is 0 Å². The van der Waals surface area contributed by atoms with E-state index >= 15 is 0 Å². The summed E-state index contributed by atoms with van der Waals surface area (Å²) >= 11 is 0. The molecule has 1 unspecified atom stereocenters. The Hall–Kier alpha value is -1.06. The minimum Gasteiger partial charge on any atom is -0.370 e. The summed E-state index contributed by atoms with van der Waals surface area (Å²) in [6.07, 6.45) is 6.79. The molecule has 4 heteroatoms. The number of carbonyl (C=O) groups is 2. The molecule has 3 N–H and O–H groups in total. The third kappa shape index (κ3) is 5.20. The summed E-state index contributed by atoms with van der Waals surface area (Å²) in [7, 11) is 0. The maximum Gasteiger partial charge on any atom is 0.223 e. The van der Waals surface area contributed by atoms with E-state index in [9.17, 15) is 9.59 Å². The molecule has 1 saturated carbocycles. The SMILES string of the molecule is CCCC(CC(N)=O)C(=O)NCC1CCCC1. The van der Waals surface area contributed by atoms with E-state index in [2.05, 4.69) is 5.32 Å². The molecule has 2 amide bonds. The van der Waals surface area contributed by atoms with Crippen LogP contribution in [-0.2, 0) is 9.59 Å². The third-order valence-corrected chi connectivity index (χ3v) is 3.50. The molecule has 0 saturated heterocycles. The van der Waals surface area contributed by atoms with Gasteiger partial charge in [0.05, 0.1) is 0 Å². The molecule has 0 aromatic carbocycles. The molecule has 1 fully saturated rings. The van der Waals surface area contributed by atoms with Crippen LogP contribution >= 0.6 is 0 Å². The molecule has 0 aromatic rings. The zero-order chi connectivity index (χ0) is 12.7. The average molecular weight is 240 g/mol. The lowest BCUT2D eigenvalue weighted by Gasteiger charge is -2.16. The Morgan fingerprint density at radius 2 is 2.00 bits per heavy atom. The summed E-state index contributed by atoms with van der Waals surface area (Å²) in [5.41, 5.74) is 5.16. The molecule has 17 heavy (non-hydrogen) atoms. The number of hydrogen-bond donors (Lipinski definition) is 2. The Morgan fingerprint density at radius 3 is 2.53 bits per heavy atom. The zero-order valence-electron chi connectivity index (χ0n) is 10.7. The molecule has 1 atom stereocenters. The van der Waals surface area contributed by atoms with E-state index in [0.717, 1.165) is 19.4 Å². The standard InChI is InChI=1S/C13H24N2O2/c1-2-5-11(8-12(14)16)13(17)15-9-10-6-3-4-7-10/h10-11H,2-9H2,1H3,(H2,14,16)(H,15,17). The topological polar surface area (TPSA) is 72.2 Å². The van der Waals surface area contributed by atoms with Gasteiger partial charge in [-0.15, -0.1) is 0 Å². The highest BCUT2D eigenvalue weighted by Gasteiger charge is 2.21. The quantitative estimate of drug-likeness (QED) is 0.709. The minimum atomic E-state index is -0.389. The van der Waals surface area contributed by atoms with Crippen molar-refractivity contribution in [3.8, 4) is 0 Å². The Morgan fingerprint density at radius 1 is 1.35 bits per heavy atom. The second kappa shape index (κ2) is 7.30. The van der Waals surface area contributed by atoms with Crippen molar-refractivity contribution in [1.29, 1.82) is 0 Å². The molecule has 0 heterocycles. The van der Waals surface area contributed by atoms with Gasteiger partial charge < -0.3 is 11.1 Å². The lowest BCUT2D eigenvalue weighted by Crippen LogP contribution is -2.35. The van der Waals surface area contributed by atoms with Crippen LogP contribution in [0.1, 0.15) is 51.9 Å². The summed E-state index contributed by atoms with van der Waals surface area (Å²) < 4.78 is 0. The van der Waals surface area contributed by atoms with Crippen LogP contribution in [0.2, 0.25) is 0 Å². The number of carbonyl (C=O) groups excluding carboxylic acids is 2. The molecule has 0 aliphatic heterocycles. The van der Waals surface area contributed by atoms with E-state index in [1.807, 2.05) is 6.92 Å². The van der Waals surface area contributed by atoms with Crippen LogP contribution in [-0.4, -0.2) is 18.4 Å². The van der Waals surface area contributed by atoms with Crippen LogP contribution in [0.3, 0.4) is 0 Å². The van der Waals surface area contributed by atoms with Gasteiger partial charge >= 0.3 is 0 Å². The van der Waals surface area contributed by atoms with Gasteiger partial charge in [-0.2, -0.15) is 0 Å². The Labute approximate surface area is 103 Å². The van der Waals surface area contributed by atoms with Crippen molar-refractivity contribution < 1.29 is 9.59 Å². The first-order valence-electron chi connectivity index (χ1n) is 6.69. The van der Waals surface area contributed by atoms with E-state index < -0.39 is 0 Å². The smallest absolute Gasteiger partial charge is 0.223 e. The zero-order valence-corrected chi connectivity index (χ0v) is 10.7. The van der Waals surface area contributed by atoms with Gasteiger partial charge in [0.25, 0.3) is 0 Å². The average Bonchev–Trinajstić information content (AvgIpc) is 2.77. The predicted molar refractivity (Wildman–Crippen MR) is 67.2 cm³/mol. The van der Waals surface area contributed by atoms with Crippen LogP contribution in [0.15, 0.2) is 0 Å². The van der Waals surface area contributed by atoms with Crippen molar-refractivity contribution in [1.82, 2.24) is 5.32 Å². The Bertz CT molecular complexity index is 260. The lowest BCUT2D eigenvalue weighted by molar-refractivity contribution is -0.129. The van der Waals surface area contributed by atoms with Gasteiger partial charge in [0.15, 0.2) is 0 Å². The first-order chi connectivity index (χ1) is 8.13. The van der Waals surface area contributed by atoms with E-state index in [1.165, 1.54) is 25.7 Å². The summed E-state index contributed by atoms with van der Waals surface area (Å²) in [6, 6.07) is 0. The molecule has 0 spiro atoms. The largest absolute Gasteiger partial charge is 0.370 e. The summed E-state index contributed by atoms with van der Waals surface area (Å²) in [5.74, 6) is 0.00530. The number of primary amides is 1. The number of nitrogens with two attached hydrogens (primary N) is 1. The second-order valence-electron chi connectivity index (χ2n) is 5.05. The fraction of sp³-hybridized carbons (Fsp3) is 0.846. The minimum absolute atomic E-state index is 0.00227. The fourth-order valence-electron chi connectivity index (χ4n) is 2.52. The lowest BCUT2D eigenvalue weighted by atomic mass is 9.98. The number of nitrogens with one attached hydrogen (secondary N) is 1. The normalized spacial score (nSPS) is 17.9. The first kappa shape index (κ1) is 14.0. The molecular formula is C13H24N2O2.